The molecular weight excluding hydrogens is 304 g/mol. The molecular formula is C19H26N2O3. The largest absolute Gasteiger partial charge is 0.465 e. The molecule has 0 atom stereocenters. The van der Waals surface area contributed by atoms with E-state index in [-0.39, 0.29) is 11.9 Å². The zero-order valence-corrected chi connectivity index (χ0v) is 14.4. The molecule has 130 valence electrons. The number of amides is 1. The van der Waals surface area contributed by atoms with Gasteiger partial charge in [0.2, 0.25) is 0 Å². The lowest BCUT2D eigenvalue weighted by Crippen LogP contribution is -2.48. The average Bonchev–Trinajstić information content (AvgIpc) is 2.68. The number of nitrogens with zero attached hydrogens (tertiary/aromatic N) is 2. The van der Waals surface area contributed by atoms with Crippen LogP contribution in [0.5, 0.6) is 0 Å². The fourth-order valence-electron chi connectivity index (χ4n) is 3.77. The molecule has 2 fully saturated rings. The molecule has 3 rings (SSSR count). The Balaban J connectivity index is 1.55. The summed E-state index contributed by atoms with van der Waals surface area (Å²) in [5.74, 6) is -0.320. The van der Waals surface area contributed by atoms with Crippen molar-refractivity contribution in [1.82, 2.24) is 9.80 Å². The number of rotatable bonds is 3. The second-order valence-electron chi connectivity index (χ2n) is 6.69. The van der Waals surface area contributed by atoms with Crippen molar-refractivity contribution in [1.29, 1.82) is 0 Å². The molecule has 0 radical (unpaired) electrons. The predicted molar refractivity (Wildman–Crippen MR) is 92.1 cm³/mol. The van der Waals surface area contributed by atoms with Crippen molar-refractivity contribution >= 4 is 11.9 Å². The van der Waals surface area contributed by atoms with Crippen molar-refractivity contribution in [3.8, 4) is 0 Å². The lowest BCUT2D eigenvalue weighted by molar-refractivity contribution is 0.0582. The lowest BCUT2D eigenvalue weighted by Gasteiger charge is -2.40. The van der Waals surface area contributed by atoms with Crippen molar-refractivity contribution in [2.75, 3.05) is 33.3 Å². The van der Waals surface area contributed by atoms with Gasteiger partial charge in [0.1, 0.15) is 0 Å². The van der Waals surface area contributed by atoms with Crippen LogP contribution in [0.3, 0.4) is 0 Å². The van der Waals surface area contributed by atoms with E-state index in [2.05, 4.69) is 9.64 Å². The molecule has 24 heavy (non-hydrogen) atoms. The van der Waals surface area contributed by atoms with Crippen LogP contribution in [0.15, 0.2) is 24.3 Å². The molecule has 0 bridgehead atoms. The fourth-order valence-corrected chi connectivity index (χ4v) is 3.77. The average molecular weight is 330 g/mol. The van der Waals surface area contributed by atoms with Gasteiger partial charge in [0, 0.05) is 24.7 Å². The summed E-state index contributed by atoms with van der Waals surface area (Å²) in [6.45, 7) is 4.07. The Labute approximate surface area is 143 Å². The third-order valence-electron chi connectivity index (χ3n) is 5.21. The molecule has 0 unspecified atom stereocenters. The lowest BCUT2D eigenvalue weighted by atomic mass is 9.99. The Morgan fingerprint density at radius 1 is 0.917 bits per heavy atom. The topological polar surface area (TPSA) is 49.9 Å². The summed E-state index contributed by atoms with van der Waals surface area (Å²) in [5, 5.41) is 0. The quantitative estimate of drug-likeness (QED) is 0.799. The predicted octanol–water partition coefficient (Wildman–Crippen LogP) is 2.56. The SMILES string of the molecule is COC(=O)c1ccc(C(=O)N2CCC(N3CCCCC3)CC2)cc1. The number of carbonyl (C=O) groups excluding carboxylic acids is 2. The number of esters is 1. The molecule has 0 N–H and O–H groups in total. The summed E-state index contributed by atoms with van der Waals surface area (Å²) in [6, 6.07) is 7.37. The molecule has 2 saturated heterocycles. The number of carbonyl (C=O) groups is 2. The van der Waals surface area contributed by atoms with Gasteiger partial charge in [-0.25, -0.2) is 4.79 Å². The van der Waals surface area contributed by atoms with E-state index >= 15 is 0 Å². The van der Waals surface area contributed by atoms with Crippen molar-refractivity contribution in [3.05, 3.63) is 35.4 Å². The molecule has 1 aromatic carbocycles. The van der Waals surface area contributed by atoms with Gasteiger partial charge in [-0.05, 0) is 63.0 Å². The van der Waals surface area contributed by atoms with E-state index in [1.807, 2.05) is 4.90 Å². The van der Waals surface area contributed by atoms with Crippen molar-refractivity contribution < 1.29 is 14.3 Å². The number of methoxy groups -OCH3 is 1. The molecule has 2 aliphatic rings. The molecule has 0 aliphatic carbocycles. The standard InChI is InChI=1S/C19H26N2O3/c1-24-19(23)16-7-5-15(6-8-16)18(22)21-13-9-17(10-14-21)20-11-3-2-4-12-20/h5-8,17H,2-4,9-14H2,1H3. The Morgan fingerprint density at radius 2 is 1.50 bits per heavy atom. The highest BCUT2D eigenvalue weighted by Crippen LogP contribution is 2.22. The van der Waals surface area contributed by atoms with Gasteiger partial charge in [0.05, 0.1) is 12.7 Å². The van der Waals surface area contributed by atoms with Crippen LogP contribution in [0.1, 0.15) is 52.8 Å². The maximum Gasteiger partial charge on any atom is 0.337 e. The third-order valence-corrected chi connectivity index (χ3v) is 5.21. The third kappa shape index (κ3) is 3.78. The van der Waals surface area contributed by atoms with Gasteiger partial charge in [-0.1, -0.05) is 6.42 Å². The highest BCUT2D eigenvalue weighted by Gasteiger charge is 2.28. The zero-order chi connectivity index (χ0) is 16.9. The van der Waals surface area contributed by atoms with Crippen LogP contribution in [0.4, 0.5) is 0 Å². The Hall–Kier alpha value is -1.88. The number of ether oxygens (including phenoxy) is 1. The van der Waals surface area contributed by atoms with E-state index in [4.69, 9.17) is 0 Å². The highest BCUT2D eigenvalue weighted by molar-refractivity contribution is 5.96. The summed E-state index contributed by atoms with van der Waals surface area (Å²) >= 11 is 0. The second-order valence-corrected chi connectivity index (χ2v) is 6.69. The van der Waals surface area contributed by atoms with Crippen LogP contribution in [-0.2, 0) is 4.74 Å². The maximum atomic E-state index is 12.6. The molecule has 1 amide bonds. The van der Waals surface area contributed by atoms with Gasteiger partial charge in [-0.15, -0.1) is 0 Å². The zero-order valence-electron chi connectivity index (χ0n) is 14.4. The van der Waals surface area contributed by atoms with Crippen LogP contribution in [0.2, 0.25) is 0 Å². The molecule has 2 heterocycles. The molecule has 0 saturated carbocycles. The number of hydrogen-bond acceptors (Lipinski definition) is 4. The Morgan fingerprint density at radius 3 is 2.08 bits per heavy atom. The molecule has 5 nitrogen and oxygen atoms in total. The van der Waals surface area contributed by atoms with E-state index in [0.717, 1.165) is 25.9 Å². The summed E-state index contributed by atoms with van der Waals surface area (Å²) in [6.07, 6.45) is 6.10. The number of benzene rings is 1. The smallest absolute Gasteiger partial charge is 0.337 e. The minimum atomic E-state index is -0.378. The van der Waals surface area contributed by atoms with Crippen LogP contribution in [0.25, 0.3) is 0 Å². The van der Waals surface area contributed by atoms with E-state index in [1.165, 1.54) is 39.5 Å². The minimum absolute atomic E-state index is 0.0588. The Kier molecular flexibility index (Phi) is 5.51. The van der Waals surface area contributed by atoms with E-state index in [9.17, 15) is 9.59 Å². The van der Waals surface area contributed by atoms with Crippen molar-refractivity contribution in [2.45, 2.75) is 38.1 Å². The van der Waals surface area contributed by atoms with Gasteiger partial charge in [0.25, 0.3) is 5.91 Å². The van der Waals surface area contributed by atoms with Crippen molar-refractivity contribution in [2.24, 2.45) is 0 Å². The first kappa shape index (κ1) is 17.0. The molecule has 1 aromatic rings. The fraction of sp³-hybridized carbons (Fsp3) is 0.579. The second kappa shape index (κ2) is 7.79. The maximum absolute atomic E-state index is 12.6. The van der Waals surface area contributed by atoms with E-state index in [0.29, 0.717) is 17.2 Å². The minimum Gasteiger partial charge on any atom is -0.465 e. The first-order valence-electron chi connectivity index (χ1n) is 8.91. The highest BCUT2D eigenvalue weighted by atomic mass is 16.5. The van der Waals surface area contributed by atoms with E-state index in [1.54, 1.807) is 24.3 Å². The van der Waals surface area contributed by atoms with Gasteiger partial charge in [-0.2, -0.15) is 0 Å². The van der Waals surface area contributed by atoms with Crippen LogP contribution in [-0.4, -0.2) is 61.0 Å². The summed E-state index contributed by atoms with van der Waals surface area (Å²) in [5.41, 5.74) is 1.11. The van der Waals surface area contributed by atoms with Crippen LogP contribution < -0.4 is 0 Å². The Bertz CT molecular complexity index is 571. The number of piperidine rings is 2. The summed E-state index contributed by atoms with van der Waals surface area (Å²) in [7, 11) is 1.36. The van der Waals surface area contributed by atoms with Gasteiger partial charge in [0.15, 0.2) is 0 Å². The van der Waals surface area contributed by atoms with Gasteiger partial charge < -0.3 is 14.5 Å². The van der Waals surface area contributed by atoms with Crippen molar-refractivity contribution in [3.63, 3.8) is 0 Å². The van der Waals surface area contributed by atoms with Crippen LogP contribution in [0, 0.1) is 0 Å². The monoisotopic (exact) mass is 330 g/mol. The van der Waals surface area contributed by atoms with Crippen LogP contribution >= 0.6 is 0 Å². The van der Waals surface area contributed by atoms with Gasteiger partial charge >= 0.3 is 5.97 Å². The first-order chi connectivity index (χ1) is 11.7. The normalized spacial score (nSPS) is 20.0. The molecule has 2 aliphatic heterocycles. The summed E-state index contributed by atoms with van der Waals surface area (Å²) in [4.78, 5) is 28.6. The first-order valence-corrected chi connectivity index (χ1v) is 8.91. The summed E-state index contributed by atoms with van der Waals surface area (Å²) < 4.78 is 4.68. The van der Waals surface area contributed by atoms with E-state index < -0.39 is 0 Å². The molecule has 0 spiro atoms. The number of likely N-dealkylation sites (tertiary alicyclic amines) is 2. The molecule has 5 heteroatoms. The van der Waals surface area contributed by atoms with Gasteiger partial charge in [-0.3, -0.25) is 4.79 Å². The number of hydrogen-bond donors (Lipinski definition) is 0. The molecule has 0 aromatic heterocycles.